The molecule has 1 aliphatic rings. The molecule has 0 bridgehead atoms. The molecule has 2 rings (SSSR count). The molecular weight excluding hydrogens is 240 g/mol. The molecule has 0 radical (unpaired) electrons. The molecule has 1 aromatic rings. The molecule has 5 heteroatoms. The highest BCUT2D eigenvalue weighted by Gasteiger charge is 2.32. The number of nitrogens with zero attached hydrogens (tertiary/aromatic N) is 2. The third kappa shape index (κ3) is 2.22. The van der Waals surface area contributed by atoms with Crippen molar-refractivity contribution in [2.24, 2.45) is 5.92 Å². The summed E-state index contributed by atoms with van der Waals surface area (Å²) in [7, 11) is 1.56. The molecule has 1 fully saturated rings. The summed E-state index contributed by atoms with van der Waals surface area (Å²) in [5.41, 5.74) is 1.76. The highest BCUT2D eigenvalue weighted by atomic mass is 35.5. The van der Waals surface area contributed by atoms with Crippen LogP contribution in [-0.2, 0) is 4.79 Å². The van der Waals surface area contributed by atoms with Gasteiger partial charge in [0.05, 0.1) is 7.11 Å². The summed E-state index contributed by atoms with van der Waals surface area (Å²) < 4.78 is 5.22. The van der Waals surface area contributed by atoms with Crippen molar-refractivity contribution in [2.75, 3.05) is 24.4 Å². The number of alkyl halides is 1. The van der Waals surface area contributed by atoms with E-state index in [0.29, 0.717) is 24.7 Å². The largest absolute Gasteiger partial charge is 0.480 e. The number of ether oxygens (including phenoxy) is 1. The summed E-state index contributed by atoms with van der Waals surface area (Å²) in [4.78, 5) is 17.8. The van der Waals surface area contributed by atoms with Crippen LogP contribution in [0.4, 0.5) is 5.69 Å². The SMILES string of the molecule is COc1nccc(C)c1N1CC(CCl)CC1=O. The fraction of sp³-hybridized carbons (Fsp3) is 0.500. The van der Waals surface area contributed by atoms with E-state index in [9.17, 15) is 4.79 Å². The van der Waals surface area contributed by atoms with Gasteiger partial charge in [0.15, 0.2) is 0 Å². The maximum absolute atomic E-state index is 11.9. The zero-order valence-corrected chi connectivity index (χ0v) is 10.7. The van der Waals surface area contributed by atoms with Crippen LogP contribution in [0.25, 0.3) is 0 Å². The summed E-state index contributed by atoms with van der Waals surface area (Å²) in [6, 6.07) is 1.87. The summed E-state index contributed by atoms with van der Waals surface area (Å²) in [6.45, 7) is 2.59. The Kier molecular flexibility index (Phi) is 3.52. The van der Waals surface area contributed by atoms with Crippen LogP contribution in [0.3, 0.4) is 0 Å². The van der Waals surface area contributed by atoms with Crippen LogP contribution in [0, 0.1) is 12.8 Å². The number of halogens is 1. The lowest BCUT2D eigenvalue weighted by atomic mass is 10.1. The number of rotatable bonds is 3. The molecule has 2 heterocycles. The van der Waals surface area contributed by atoms with E-state index in [1.807, 2.05) is 13.0 Å². The third-order valence-electron chi connectivity index (χ3n) is 2.98. The molecule has 1 aliphatic heterocycles. The minimum Gasteiger partial charge on any atom is -0.480 e. The van der Waals surface area contributed by atoms with Crippen LogP contribution >= 0.6 is 11.6 Å². The Morgan fingerprint density at radius 2 is 2.41 bits per heavy atom. The smallest absolute Gasteiger partial charge is 0.237 e. The molecule has 92 valence electrons. The maximum atomic E-state index is 11.9. The number of hydrogen-bond donors (Lipinski definition) is 0. The van der Waals surface area contributed by atoms with E-state index in [-0.39, 0.29) is 11.8 Å². The zero-order chi connectivity index (χ0) is 12.4. The molecule has 4 nitrogen and oxygen atoms in total. The first-order chi connectivity index (χ1) is 8.17. The molecule has 0 saturated carbocycles. The van der Waals surface area contributed by atoms with Gasteiger partial charge in [0.1, 0.15) is 5.69 Å². The van der Waals surface area contributed by atoms with E-state index in [2.05, 4.69) is 4.98 Å². The Morgan fingerprint density at radius 1 is 1.65 bits per heavy atom. The van der Waals surface area contributed by atoms with Crippen molar-refractivity contribution < 1.29 is 9.53 Å². The van der Waals surface area contributed by atoms with Gasteiger partial charge in [0, 0.05) is 25.0 Å². The average molecular weight is 255 g/mol. The number of methoxy groups -OCH3 is 1. The number of anilines is 1. The van der Waals surface area contributed by atoms with Crippen molar-refractivity contribution in [3.63, 3.8) is 0 Å². The van der Waals surface area contributed by atoms with Crippen molar-refractivity contribution >= 4 is 23.2 Å². The van der Waals surface area contributed by atoms with Crippen LogP contribution in [0.5, 0.6) is 5.88 Å². The lowest BCUT2D eigenvalue weighted by Crippen LogP contribution is -2.26. The Bertz CT molecular complexity index is 437. The van der Waals surface area contributed by atoms with Crippen molar-refractivity contribution in [3.05, 3.63) is 17.8 Å². The van der Waals surface area contributed by atoms with E-state index in [1.165, 1.54) is 0 Å². The zero-order valence-electron chi connectivity index (χ0n) is 9.94. The monoisotopic (exact) mass is 254 g/mol. The van der Waals surface area contributed by atoms with Gasteiger partial charge in [-0.15, -0.1) is 11.6 Å². The quantitative estimate of drug-likeness (QED) is 0.775. The highest BCUT2D eigenvalue weighted by Crippen LogP contribution is 2.34. The van der Waals surface area contributed by atoms with Crippen molar-refractivity contribution in [3.8, 4) is 5.88 Å². The van der Waals surface area contributed by atoms with E-state index in [4.69, 9.17) is 16.3 Å². The predicted molar refractivity (Wildman–Crippen MR) is 66.7 cm³/mol. The lowest BCUT2D eigenvalue weighted by molar-refractivity contribution is -0.117. The average Bonchev–Trinajstić information content (AvgIpc) is 2.70. The molecule has 0 N–H and O–H groups in total. The van der Waals surface area contributed by atoms with Crippen LogP contribution in [0.2, 0.25) is 0 Å². The number of carbonyl (C=O) groups is 1. The Balaban J connectivity index is 2.37. The highest BCUT2D eigenvalue weighted by molar-refractivity contribution is 6.18. The van der Waals surface area contributed by atoms with Gasteiger partial charge in [-0.2, -0.15) is 0 Å². The molecule has 1 aromatic heterocycles. The predicted octanol–water partition coefficient (Wildman–Crippen LogP) is 1.99. The van der Waals surface area contributed by atoms with Crippen molar-refractivity contribution in [2.45, 2.75) is 13.3 Å². The second-order valence-electron chi connectivity index (χ2n) is 4.21. The number of carbonyl (C=O) groups excluding carboxylic acids is 1. The molecule has 1 atom stereocenters. The van der Waals surface area contributed by atoms with E-state index in [0.717, 1.165) is 11.3 Å². The van der Waals surface area contributed by atoms with Gasteiger partial charge in [-0.25, -0.2) is 4.98 Å². The number of aryl methyl sites for hydroxylation is 1. The van der Waals surface area contributed by atoms with Crippen LogP contribution in [0.1, 0.15) is 12.0 Å². The second-order valence-corrected chi connectivity index (χ2v) is 4.52. The van der Waals surface area contributed by atoms with Crippen LogP contribution in [0.15, 0.2) is 12.3 Å². The van der Waals surface area contributed by atoms with Gasteiger partial charge in [-0.1, -0.05) is 0 Å². The van der Waals surface area contributed by atoms with Gasteiger partial charge in [-0.3, -0.25) is 4.79 Å². The van der Waals surface area contributed by atoms with Crippen LogP contribution in [-0.4, -0.2) is 30.4 Å². The van der Waals surface area contributed by atoms with E-state index < -0.39 is 0 Å². The Morgan fingerprint density at radius 3 is 3.00 bits per heavy atom. The summed E-state index contributed by atoms with van der Waals surface area (Å²) in [6.07, 6.45) is 2.18. The molecule has 1 unspecified atom stereocenters. The second kappa shape index (κ2) is 4.92. The fourth-order valence-electron chi connectivity index (χ4n) is 2.10. The Hall–Kier alpha value is -1.29. The van der Waals surface area contributed by atoms with Crippen molar-refractivity contribution in [1.82, 2.24) is 4.98 Å². The molecule has 1 saturated heterocycles. The van der Waals surface area contributed by atoms with Gasteiger partial charge in [0.25, 0.3) is 0 Å². The minimum atomic E-state index is 0.0880. The topological polar surface area (TPSA) is 42.4 Å². The molecule has 17 heavy (non-hydrogen) atoms. The lowest BCUT2D eigenvalue weighted by Gasteiger charge is -2.20. The van der Waals surface area contributed by atoms with E-state index >= 15 is 0 Å². The normalized spacial score (nSPS) is 19.8. The minimum absolute atomic E-state index is 0.0880. The van der Waals surface area contributed by atoms with Crippen molar-refractivity contribution in [1.29, 1.82) is 0 Å². The van der Waals surface area contributed by atoms with Gasteiger partial charge < -0.3 is 9.64 Å². The summed E-state index contributed by atoms with van der Waals surface area (Å²) in [5, 5.41) is 0. The third-order valence-corrected chi connectivity index (χ3v) is 3.42. The van der Waals surface area contributed by atoms with E-state index in [1.54, 1.807) is 18.2 Å². The number of amides is 1. The molecule has 1 amide bonds. The maximum Gasteiger partial charge on any atom is 0.237 e. The number of pyridine rings is 1. The first-order valence-electron chi connectivity index (χ1n) is 5.53. The summed E-state index contributed by atoms with van der Waals surface area (Å²) in [5.74, 6) is 1.30. The fourth-order valence-corrected chi connectivity index (χ4v) is 2.31. The molecule has 0 spiro atoms. The van der Waals surface area contributed by atoms with Gasteiger partial charge in [-0.05, 0) is 24.5 Å². The number of aromatic nitrogens is 1. The van der Waals surface area contributed by atoms with Gasteiger partial charge in [0.2, 0.25) is 11.8 Å². The molecular formula is C12H15ClN2O2. The molecule has 0 aliphatic carbocycles. The first kappa shape index (κ1) is 12.2. The Labute approximate surface area is 106 Å². The standard InChI is InChI=1S/C12H15ClN2O2/c1-8-3-4-14-12(17-2)11(8)15-7-9(6-13)5-10(15)16/h3-4,9H,5-7H2,1-2H3. The first-order valence-corrected chi connectivity index (χ1v) is 6.06. The molecule has 0 aromatic carbocycles. The number of hydrogen-bond acceptors (Lipinski definition) is 3. The summed E-state index contributed by atoms with van der Waals surface area (Å²) >= 11 is 5.81. The van der Waals surface area contributed by atoms with Crippen LogP contribution < -0.4 is 9.64 Å². The van der Waals surface area contributed by atoms with Gasteiger partial charge >= 0.3 is 0 Å².